The Hall–Kier alpha value is -4.94. The number of aliphatic carboxylic acids is 1. The van der Waals surface area contributed by atoms with Crippen molar-refractivity contribution in [1.82, 2.24) is 9.88 Å². The Balaban J connectivity index is 1.15. The van der Waals surface area contributed by atoms with Crippen molar-refractivity contribution in [3.63, 3.8) is 0 Å². The first-order valence-electron chi connectivity index (χ1n) is 15.3. The van der Waals surface area contributed by atoms with Crippen LogP contribution in [-0.2, 0) is 17.8 Å². The number of para-hydroxylation sites is 1. The van der Waals surface area contributed by atoms with Gasteiger partial charge in [-0.15, -0.1) is 0 Å². The first kappa shape index (κ1) is 28.8. The number of carboxylic acids is 1. The number of carbonyl (C=O) groups excluding carboxylic acids is 1. The van der Waals surface area contributed by atoms with Crippen LogP contribution in [0.2, 0.25) is 0 Å². The molecule has 2 N–H and O–H groups in total. The fraction of sp³-hybridized carbons (Fsp3) is 0.278. The van der Waals surface area contributed by atoms with Crippen LogP contribution in [0.3, 0.4) is 0 Å². The predicted molar refractivity (Wildman–Crippen MR) is 176 cm³/mol. The minimum absolute atomic E-state index is 0.0829. The van der Waals surface area contributed by atoms with Gasteiger partial charge in [-0.05, 0) is 103 Å². The minimum atomic E-state index is -1.13. The summed E-state index contributed by atoms with van der Waals surface area (Å²) in [7, 11) is 0. The highest BCUT2D eigenvalue weighted by atomic mass is 32.1. The number of thiazole rings is 1. The molecule has 9 heteroatoms. The molecule has 1 fully saturated rings. The van der Waals surface area contributed by atoms with Gasteiger partial charge in [0.15, 0.2) is 16.7 Å². The second kappa shape index (κ2) is 12.2. The fourth-order valence-corrected chi connectivity index (χ4v) is 7.16. The molecule has 3 aromatic carbocycles. The standard InChI is InChI=1S/C36H32N4O4S/c1-22-20-25(44-24-9-3-2-4-10-24)14-15-26(22)27-16-17-32(38-33(27)35(42)43)40-19-18-23-8-7-11-28(29(23)21-40)34(41)39-36-37-30-12-5-6-13-31(30)45-36/h5-8,11-15,20,24H,2-4,9-10,18-19,21H2,1H3,(H,42,43)(H,37,39,41). The summed E-state index contributed by atoms with van der Waals surface area (Å²) < 4.78 is 7.22. The summed E-state index contributed by atoms with van der Waals surface area (Å²) in [5.41, 5.74) is 11.5. The molecule has 7 rings (SSSR count). The van der Waals surface area contributed by atoms with E-state index in [1.165, 1.54) is 30.6 Å². The average Bonchev–Trinajstić information content (AvgIpc) is 3.47. The molecule has 1 amide bonds. The predicted octanol–water partition coefficient (Wildman–Crippen LogP) is 7.14. The fourth-order valence-electron chi connectivity index (χ4n) is 6.30. The number of aryl methyl sites for hydroxylation is 1. The van der Waals surface area contributed by atoms with E-state index in [2.05, 4.69) is 26.8 Å². The zero-order chi connectivity index (χ0) is 30.9. The molecule has 226 valence electrons. The van der Waals surface area contributed by atoms with Crippen molar-refractivity contribution in [2.24, 2.45) is 4.99 Å². The molecule has 3 aliphatic rings. The highest BCUT2D eigenvalue weighted by Gasteiger charge is 2.27. The van der Waals surface area contributed by atoms with Gasteiger partial charge in [-0.1, -0.05) is 47.8 Å². The molecule has 0 radical (unpaired) electrons. The van der Waals surface area contributed by atoms with Crippen LogP contribution in [-0.4, -0.2) is 45.2 Å². The SMILES string of the molecule is Cc1cc(OC2CCCCC2)ccc1C1=C=C=C(N2CCc3cccc(C(=O)Nc4nc5ccccc5s4)c3C2)N=C1C(=O)O. The summed E-state index contributed by atoms with van der Waals surface area (Å²) in [6.45, 7) is 2.94. The van der Waals surface area contributed by atoms with E-state index in [1.54, 1.807) is 0 Å². The van der Waals surface area contributed by atoms with Gasteiger partial charge in [-0.3, -0.25) is 10.1 Å². The van der Waals surface area contributed by atoms with Crippen molar-refractivity contribution >= 4 is 49.8 Å². The summed E-state index contributed by atoms with van der Waals surface area (Å²) in [5, 5.41) is 13.7. The van der Waals surface area contributed by atoms with Gasteiger partial charge in [-0.25, -0.2) is 14.8 Å². The quantitative estimate of drug-likeness (QED) is 0.214. The van der Waals surface area contributed by atoms with Gasteiger partial charge in [0, 0.05) is 18.7 Å². The van der Waals surface area contributed by atoms with Gasteiger partial charge in [-0.2, -0.15) is 0 Å². The molecule has 8 nitrogen and oxygen atoms in total. The lowest BCUT2D eigenvalue weighted by molar-refractivity contribution is -0.129. The Morgan fingerprint density at radius 2 is 1.89 bits per heavy atom. The van der Waals surface area contributed by atoms with Crippen LogP contribution in [0.15, 0.2) is 82.9 Å². The lowest BCUT2D eigenvalue weighted by Gasteiger charge is -2.31. The third kappa shape index (κ3) is 5.94. The third-order valence-electron chi connectivity index (χ3n) is 8.61. The van der Waals surface area contributed by atoms with Crippen molar-refractivity contribution in [3.05, 3.63) is 106 Å². The van der Waals surface area contributed by atoms with Crippen LogP contribution in [0.4, 0.5) is 5.13 Å². The van der Waals surface area contributed by atoms with Crippen LogP contribution >= 0.6 is 11.3 Å². The number of rotatable bonds is 7. The van der Waals surface area contributed by atoms with Crippen molar-refractivity contribution in [1.29, 1.82) is 0 Å². The van der Waals surface area contributed by atoms with Gasteiger partial charge >= 0.3 is 5.97 Å². The molecule has 0 atom stereocenters. The van der Waals surface area contributed by atoms with Crippen LogP contribution in [0.5, 0.6) is 5.75 Å². The van der Waals surface area contributed by atoms with E-state index in [4.69, 9.17) is 4.74 Å². The Labute approximate surface area is 265 Å². The Morgan fingerprint density at radius 3 is 2.69 bits per heavy atom. The third-order valence-corrected chi connectivity index (χ3v) is 9.56. The molecular formula is C36H32N4O4S. The molecule has 0 unspecified atom stereocenters. The number of nitrogens with zero attached hydrogens (tertiary/aromatic N) is 3. The lowest BCUT2D eigenvalue weighted by atomic mass is 9.94. The summed E-state index contributed by atoms with van der Waals surface area (Å²) in [4.78, 5) is 37.0. The van der Waals surface area contributed by atoms with E-state index in [9.17, 15) is 14.7 Å². The number of benzene rings is 3. The summed E-state index contributed by atoms with van der Waals surface area (Å²) >= 11 is 1.43. The average molecular weight is 617 g/mol. The summed E-state index contributed by atoms with van der Waals surface area (Å²) in [6, 6.07) is 19.2. The molecule has 0 spiro atoms. The number of fused-ring (bicyclic) bond motifs is 2. The number of anilines is 1. The van der Waals surface area contributed by atoms with Gasteiger partial charge in [0.05, 0.1) is 21.9 Å². The van der Waals surface area contributed by atoms with Crippen LogP contribution in [0.1, 0.15) is 64.7 Å². The molecule has 1 aliphatic carbocycles. The number of carbonyl (C=O) groups is 2. The molecule has 2 aliphatic heterocycles. The van der Waals surface area contributed by atoms with Crippen LogP contribution in [0, 0.1) is 6.92 Å². The van der Waals surface area contributed by atoms with Crippen LogP contribution in [0.25, 0.3) is 15.8 Å². The van der Waals surface area contributed by atoms with Gasteiger partial charge in [0.25, 0.3) is 5.91 Å². The number of hydrogen-bond donors (Lipinski definition) is 2. The molecule has 3 heterocycles. The highest BCUT2D eigenvalue weighted by molar-refractivity contribution is 7.22. The van der Waals surface area contributed by atoms with Gasteiger partial charge in [0.1, 0.15) is 5.75 Å². The van der Waals surface area contributed by atoms with E-state index >= 15 is 0 Å². The van der Waals surface area contributed by atoms with Crippen molar-refractivity contribution in [3.8, 4) is 5.75 Å². The monoisotopic (exact) mass is 616 g/mol. The largest absolute Gasteiger partial charge is 0.490 e. The smallest absolute Gasteiger partial charge is 0.355 e. The first-order chi connectivity index (χ1) is 21.9. The summed E-state index contributed by atoms with van der Waals surface area (Å²) in [5.74, 6) is -0.183. The van der Waals surface area contributed by atoms with E-state index < -0.39 is 5.97 Å². The molecular weight excluding hydrogens is 584 g/mol. The van der Waals surface area contributed by atoms with E-state index in [0.717, 1.165) is 51.1 Å². The highest BCUT2D eigenvalue weighted by Crippen LogP contribution is 2.32. The maximum Gasteiger partial charge on any atom is 0.355 e. The Bertz CT molecular complexity index is 1940. The number of carboxylic acid groups (broad SMARTS) is 1. The van der Waals surface area contributed by atoms with Crippen LogP contribution < -0.4 is 10.1 Å². The maximum atomic E-state index is 13.4. The zero-order valence-electron chi connectivity index (χ0n) is 24.9. The minimum Gasteiger partial charge on any atom is -0.490 e. The van der Waals surface area contributed by atoms with Crippen molar-refractivity contribution in [2.45, 2.75) is 58.1 Å². The first-order valence-corrected chi connectivity index (χ1v) is 16.1. The molecule has 1 aromatic heterocycles. The number of hydrogen-bond acceptors (Lipinski definition) is 7. The Kier molecular flexibility index (Phi) is 7.82. The van der Waals surface area contributed by atoms with Gasteiger partial charge < -0.3 is 14.7 Å². The number of aliphatic imine (C=N–C) groups is 1. The number of ether oxygens (including phenoxy) is 1. The van der Waals surface area contributed by atoms with Crippen molar-refractivity contribution < 1.29 is 19.4 Å². The van der Waals surface area contributed by atoms with Crippen molar-refractivity contribution in [2.75, 3.05) is 11.9 Å². The number of nitrogens with one attached hydrogen (secondary N) is 1. The molecule has 45 heavy (non-hydrogen) atoms. The lowest BCUT2D eigenvalue weighted by Crippen LogP contribution is -2.32. The maximum absolute atomic E-state index is 13.4. The van der Waals surface area contributed by atoms with E-state index in [-0.39, 0.29) is 17.7 Å². The zero-order valence-corrected chi connectivity index (χ0v) is 25.7. The second-order valence-electron chi connectivity index (χ2n) is 11.6. The van der Waals surface area contributed by atoms with E-state index in [0.29, 0.717) is 41.6 Å². The topological polar surface area (TPSA) is 104 Å². The molecule has 0 bridgehead atoms. The second-order valence-corrected chi connectivity index (χ2v) is 12.7. The molecule has 0 saturated heterocycles. The Morgan fingerprint density at radius 1 is 1.04 bits per heavy atom. The number of amides is 1. The number of aromatic nitrogens is 1. The normalized spacial score (nSPS) is 16.5. The summed E-state index contributed by atoms with van der Waals surface area (Å²) in [6.07, 6.45) is 6.67. The molecule has 1 saturated carbocycles. The molecule has 4 aromatic rings. The van der Waals surface area contributed by atoms with Gasteiger partial charge in [0.2, 0.25) is 0 Å². The van der Waals surface area contributed by atoms with E-state index in [1.807, 2.05) is 72.5 Å².